The van der Waals surface area contributed by atoms with Crippen LogP contribution >= 0.6 is 0 Å². The summed E-state index contributed by atoms with van der Waals surface area (Å²) in [5.74, 6) is 0. The van der Waals surface area contributed by atoms with Crippen LogP contribution in [0.25, 0.3) is 0 Å². The molecule has 0 saturated carbocycles. The summed E-state index contributed by atoms with van der Waals surface area (Å²) in [5, 5.41) is 6.53. The van der Waals surface area contributed by atoms with Gasteiger partial charge in [0, 0.05) is 25.3 Å². The molecule has 0 aliphatic carbocycles. The van der Waals surface area contributed by atoms with Gasteiger partial charge in [0.25, 0.3) is 0 Å². The minimum absolute atomic E-state index is 0.403. The number of carbonyl (C=O) groups is 1. The van der Waals surface area contributed by atoms with Gasteiger partial charge in [0.05, 0.1) is 0 Å². The van der Waals surface area contributed by atoms with Gasteiger partial charge in [-0.2, -0.15) is 0 Å². The smallest absolute Gasteiger partial charge is 0.209 e. The summed E-state index contributed by atoms with van der Waals surface area (Å²) in [6, 6.07) is 8.68. The fraction of sp³-hybridized carbons (Fsp3) is 0.533. The molecule has 4 heteroatoms. The van der Waals surface area contributed by atoms with Crippen molar-refractivity contribution < 1.29 is 4.79 Å². The van der Waals surface area contributed by atoms with E-state index in [4.69, 9.17) is 0 Å². The number of rotatable bonds is 6. The second-order valence-corrected chi connectivity index (χ2v) is 4.98. The van der Waals surface area contributed by atoms with Gasteiger partial charge in [0.1, 0.15) is 0 Å². The maximum Gasteiger partial charge on any atom is 0.209 e. The van der Waals surface area contributed by atoms with Crippen molar-refractivity contribution >= 4 is 12.1 Å². The van der Waals surface area contributed by atoms with Gasteiger partial charge in [0.15, 0.2) is 0 Å². The summed E-state index contributed by atoms with van der Waals surface area (Å²) in [7, 11) is 1.93. The molecule has 1 fully saturated rings. The Morgan fingerprint density at radius 2 is 2.11 bits per heavy atom. The Balaban J connectivity index is 1.93. The second-order valence-electron chi connectivity index (χ2n) is 4.98. The number of nitrogens with zero attached hydrogens (tertiary/aromatic N) is 1. The summed E-state index contributed by atoms with van der Waals surface area (Å²) in [6.45, 7) is 2.83. The number of para-hydroxylation sites is 1. The maximum absolute atomic E-state index is 11.3. The summed E-state index contributed by atoms with van der Waals surface area (Å²) in [4.78, 5) is 13.2. The van der Waals surface area contributed by atoms with Crippen LogP contribution < -0.4 is 10.6 Å². The molecule has 2 N–H and O–H groups in total. The first kappa shape index (κ1) is 13.9. The molecule has 0 spiro atoms. The average molecular weight is 261 g/mol. The molecule has 1 heterocycles. The Labute approximate surface area is 115 Å². The zero-order valence-corrected chi connectivity index (χ0v) is 11.6. The van der Waals surface area contributed by atoms with Gasteiger partial charge < -0.3 is 15.5 Å². The van der Waals surface area contributed by atoms with Crippen molar-refractivity contribution in [2.45, 2.75) is 25.3 Å². The first-order valence-electron chi connectivity index (χ1n) is 7.02. The molecule has 0 unspecified atom stereocenters. The zero-order chi connectivity index (χ0) is 13.5. The number of hydrogen-bond donors (Lipinski definition) is 2. The minimum atomic E-state index is 0.403. The lowest BCUT2D eigenvalue weighted by atomic mass is 10.0. The third-order valence-corrected chi connectivity index (χ3v) is 3.84. The van der Waals surface area contributed by atoms with E-state index in [-0.39, 0.29) is 0 Å². The summed E-state index contributed by atoms with van der Waals surface area (Å²) >= 11 is 0. The van der Waals surface area contributed by atoms with Crippen LogP contribution in [-0.4, -0.2) is 44.0 Å². The highest BCUT2D eigenvalue weighted by atomic mass is 16.1. The van der Waals surface area contributed by atoms with Crippen molar-refractivity contribution in [1.82, 2.24) is 10.2 Å². The third kappa shape index (κ3) is 3.70. The Bertz CT molecular complexity index is 402. The van der Waals surface area contributed by atoms with Crippen molar-refractivity contribution in [3.63, 3.8) is 0 Å². The Hall–Kier alpha value is -1.55. The highest BCUT2D eigenvalue weighted by Crippen LogP contribution is 2.16. The maximum atomic E-state index is 11.3. The molecule has 1 saturated heterocycles. The molecule has 2 rings (SSSR count). The van der Waals surface area contributed by atoms with Crippen LogP contribution in [0.3, 0.4) is 0 Å². The van der Waals surface area contributed by atoms with Gasteiger partial charge in [-0.25, -0.2) is 0 Å². The quantitative estimate of drug-likeness (QED) is 0.762. The fourth-order valence-corrected chi connectivity index (χ4v) is 2.69. The van der Waals surface area contributed by atoms with Gasteiger partial charge >= 0.3 is 0 Å². The molecular weight excluding hydrogens is 238 g/mol. The topological polar surface area (TPSA) is 44.4 Å². The number of nitrogens with one attached hydrogen (secondary N) is 2. The lowest BCUT2D eigenvalue weighted by molar-refractivity contribution is -0.120. The molecule has 4 nitrogen and oxygen atoms in total. The van der Waals surface area contributed by atoms with Gasteiger partial charge in [0.2, 0.25) is 6.41 Å². The number of amides is 1. The van der Waals surface area contributed by atoms with Crippen LogP contribution in [0, 0.1) is 0 Å². The molecule has 1 amide bonds. The molecule has 0 aromatic heterocycles. The standard InChI is InChI=1S/C15H23N3O/c1-16-15-5-3-2-4-13(15)8-11-18(12-19)14-6-9-17-10-7-14/h2-5,12,14,16-17H,6-11H2,1H3. The monoisotopic (exact) mass is 261 g/mol. The van der Waals surface area contributed by atoms with Gasteiger partial charge in [-0.3, -0.25) is 4.79 Å². The van der Waals surface area contributed by atoms with E-state index < -0.39 is 0 Å². The van der Waals surface area contributed by atoms with Gasteiger partial charge in [-0.05, 0) is 44.0 Å². The van der Waals surface area contributed by atoms with Crippen molar-refractivity contribution in [1.29, 1.82) is 0 Å². The average Bonchev–Trinajstić information content (AvgIpc) is 2.49. The largest absolute Gasteiger partial charge is 0.388 e. The van der Waals surface area contributed by atoms with E-state index in [1.54, 1.807) is 0 Å². The van der Waals surface area contributed by atoms with Crippen molar-refractivity contribution in [2.24, 2.45) is 0 Å². The number of anilines is 1. The summed E-state index contributed by atoms with van der Waals surface area (Å²) in [6.07, 6.45) is 4.04. The normalized spacial score (nSPS) is 16.1. The van der Waals surface area contributed by atoms with Gasteiger partial charge in [-0.15, -0.1) is 0 Å². The van der Waals surface area contributed by atoms with Crippen LogP contribution in [0.15, 0.2) is 24.3 Å². The van der Waals surface area contributed by atoms with E-state index in [1.807, 2.05) is 24.1 Å². The van der Waals surface area contributed by atoms with E-state index in [2.05, 4.69) is 22.8 Å². The van der Waals surface area contributed by atoms with Gasteiger partial charge in [-0.1, -0.05) is 18.2 Å². The van der Waals surface area contributed by atoms with Crippen LogP contribution in [0.2, 0.25) is 0 Å². The Morgan fingerprint density at radius 1 is 1.37 bits per heavy atom. The molecular formula is C15H23N3O. The molecule has 19 heavy (non-hydrogen) atoms. The molecule has 1 aromatic carbocycles. The fourth-order valence-electron chi connectivity index (χ4n) is 2.69. The van der Waals surface area contributed by atoms with E-state index in [0.717, 1.165) is 51.0 Å². The van der Waals surface area contributed by atoms with Crippen molar-refractivity contribution in [3.05, 3.63) is 29.8 Å². The zero-order valence-electron chi connectivity index (χ0n) is 11.6. The Kier molecular flexibility index (Phi) is 5.21. The number of piperidine rings is 1. The summed E-state index contributed by atoms with van der Waals surface area (Å²) in [5.41, 5.74) is 2.42. The minimum Gasteiger partial charge on any atom is -0.388 e. The van der Waals surface area contributed by atoms with E-state index in [0.29, 0.717) is 6.04 Å². The molecule has 0 atom stereocenters. The molecule has 1 aliphatic rings. The van der Waals surface area contributed by atoms with Crippen LogP contribution in [0.5, 0.6) is 0 Å². The van der Waals surface area contributed by atoms with E-state index >= 15 is 0 Å². The highest BCUT2D eigenvalue weighted by Gasteiger charge is 2.19. The molecule has 104 valence electrons. The lowest BCUT2D eigenvalue weighted by Crippen LogP contribution is -2.43. The first-order chi connectivity index (χ1) is 9.35. The van der Waals surface area contributed by atoms with Crippen molar-refractivity contribution in [3.8, 4) is 0 Å². The van der Waals surface area contributed by atoms with Crippen LogP contribution in [-0.2, 0) is 11.2 Å². The predicted molar refractivity (Wildman–Crippen MR) is 78.4 cm³/mol. The molecule has 0 radical (unpaired) electrons. The van der Waals surface area contributed by atoms with Crippen molar-refractivity contribution in [2.75, 3.05) is 32.0 Å². The number of carbonyl (C=O) groups excluding carboxylic acids is 1. The van der Waals surface area contributed by atoms with Crippen LogP contribution in [0.1, 0.15) is 18.4 Å². The molecule has 0 bridgehead atoms. The second kappa shape index (κ2) is 7.14. The number of hydrogen-bond acceptors (Lipinski definition) is 3. The SMILES string of the molecule is CNc1ccccc1CCN(C=O)C1CCNCC1. The first-order valence-corrected chi connectivity index (χ1v) is 7.02. The highest BCUT2D eigenvalue weighted by molar-refractivity contribution is 5.52. The summed E-state index contributed by atoms with van der Waals surface area (Å²) < 4.78 is 0. The molecule has 1 aliphatic heterocycles. The number of benzene rings is 1. The van der Waals surface area contributed by atoms with E-state index in [9.17, 15) is 4.79 Å². The Morgan fingerprint density at radius 3 is 2.79 bits per heavy atom. The van der Waals surface area contributed by atoms with Crippen LogP contribution in [0.4, 0.5) is 5.69 Å². The predicted octanol–water partition coefficient (Wildman–Crippen LogP) is 1.48. The van der Waals surface area contributed by atoms with E-state index in [1.165, 1.54) is 5.56 Å². The third-order valence-electron chi connectivity index (χ3n) is 3.84. The lowest BCUT2D eigenvalue weighted by Gasteiger charge is -2.32. The molecule has 1 aromatic rings.